The van der Waals surface area contributed by atoms with Gasteiger partial charge in [-0.15, -0.1) is 0 Å². The second kappa shape index (κ2) is 9.97. The number of benzene rings is 4. The molecule has 6 nitrogen and oxygen atoms in total. The molecule has 0 N–H and O–H groups in total. The predicted octanol–water partition coefficient (Wildman–Crippen LogP) is 8.69. The van der Waals surface area contributed by atoms with Crippen molar-refractivity contribution in [2.24, 2.45) is 0 Å². The lowest BCUT2D eigenvalue weighted by Gasteiger charge is -2.19. The highest BCUT2D eigenvalue weighted by atomic mass is 14.7. The molecule has 6 heteroatoms. The number of allylic oxidation sites excluding steroid dienone is 6. The molecule has 0 fully saturated rings. The van der Waals surface area contributed by atoms with Gasteiger partial charge in [-0.25, -0.2) is 25.1 Å². The van der Waals surface area contributed by atoms with Crippen LogP contribution in [0.4, 0.5) is 5.69 Å². The fourth-order valence-corrected chi connectivity index (χ4v) is 5.77. The summed E-state index contributed by atoms with van der Waals surface area (Å²) in [4.78, 5) is 10.7. The minimum atomic E-state index is -0.0947. The normalized spacial score (nSPS) is 14.5. The molecule has 42 heavy (non-hydrogen) atoms. The first-order valence-electron chi connectivity index (χ1n) is 12.6. The van der Waals surface area contributed by atoms with Gasteiger partial charge in [0.05, 0.1) is 43.5 Å². The summed E-state index contributed by atoms with van der Waals surface area (Å²) < 4.78 is 0. The summed E-state index contributed by atoms with van der Waals surface area (Å²) in [5.74, 6) is 0. The smallest absolute Gasteiger partial charge is 0.238 e. The second-order valence-corrected chi connectivity index (χ2v) is 9.45. The number of hydrogen-bond donors (Lipinski definition) is 0. The van der Waals surface area contributed by atoms with Crippen LogP contribution in [-0.4, -0.2) is 0 Å². The van der Waals surface area contributed by atoms with Crippen LogP contribution in [0.1, 0.15) is 27.8 Å². The third kappa shape index (κ3) is 3.60. The number of hydrogen-bond acceptors (Lipinski definition) is 3. The molecule has 0 aromatic heterocycles. The zero-order chi connectivity index (χ0) is 29.4. The van der Waals surface area contributed by atoms with Gasteiger partial charge in [-0.2, -0.15) is 5.26 Å². The van der Waals surface area contributed by atoms with E-state index in [1.165, 1.54) is 0 Å². The lowest BCUT2D eigenvalue weighted by Crippen LogP contribution is -1.99. The summed E-state index contributed by atoms with van der Waals surface area (Å²) in [6.07, 6.45) is 0. The van der Waals surface area contributed by atoms with Crippen molar-refractivity contribution in [2.75, 3.05) is 0 Å². The molecule has 0 aliphatic heterocycles. The molecule has 0 heterocycles. The summed E-state index contributed by atoms with van der Waals surface area (Å²) >= 11 is 0. The third-order valence-corrected chi connectivity index (χ3v) is 7.46. The van der Waals surface area contributed by atoms with Crippen LogP contribution in [0.15, 0.2) is 96.3 Å². The molecule has 0 spiro atoms. The molecule has 0 bridgehead atoms. The molecule has 0 saturated carbocycles. The molecule has 6 rings (SSSR count). The number of nitriles is 3. The van der Waals surface area contributed by atoms with Crippen molar-refractivity contribution < 1.29 is 0 Å². The van der Waals surface area contributed by atoms with E-state index in [4.69, 9.17) is 19.7 Å². The third-order valence-electron chi connectivity index (χ3n) is 7.46. The Morgan fingerprint density at radius 2 is 0.976 bits per heavy atom. The van der Waals surface area contributed by atoms with Crippen molar-refractivity contribution in [3.8, 4) is 40.5 Å². The first-order valence-corrected chi connectivity index (χ1v) is 12.6. The first-order chi connectivity index (χ1) is 20.6. The Morgan fingerprint density at radius 1 is 0.548 bits per heavy atom. The van der Waals surface area contributed by atoms with Gasteiger partial charge in [-0.3, -0.25) is 0 Å². The van der Waals surface area contributed by atoms with Gasteiger partial charge < -0.3 is 0 Å². The average molecular weight is 531 g/mol. The van der Waals surface area contributed by atoms with Crippen LogP contribution < -0.4 is 0 Å². The maximum atomic E-state index is 10.1. The van der Waals surface area contributed by atoms with E-state index in [2.05, 4.69) is 32.7 Å². The number of nitrogens with zero attached hydrogens (tertiary/aromatic N) is 6. The van der Waals surface area contributed by atoms with E-state index in [9.17, 15) is 15.8 Å². The predicted molar refractivity (Wildman–Crippen MR) is 160 cm³/mol. The van der Waals surface area contributed by atoms with E-state index in [0.29, 0.717) is 44.7 Å². The van der Waals surface area contributed by atoms with E-state index < -0.39 is 0 Å². The van der Waals surface area contributed by atoms with Gasteiger partial charge in [-0.1, -0.05) is 72.8 Å². The summed E-state index contributed by atoms with van der Waals surface area (Å²) in [5, 5.41) is 29.6. The van der Waals surface area contributed by atoms with Crippen LogP contribution in [0.3, 0.4) is 0 Å². The average Bonchev–Trinajstić information content (AvgIpc) is 3.56. The fourth-order valence-electron chi connectivity index (χ4n) is 5.77. The zero-order valence-electron chi connectivity index (χ0n) is 21.8. The van der Waals surface area contributed by atoms with Crippen molar-refractivity contribution in [1.82, 2.24) is 0 Å². The molecule has 4 aromatic carbocycles. The van der Waals surface area contributed by atoms with E-state index in [1.54, 1.807) is 24.3 Å². The van der Waals surface area contributed by atoms with Crippen molar-refractivity contribution in [3.63, 3.8) is 0 Å². The molecule has 0 saturated heterocycles. The van der Waals surface area contributed by atoms with Crippen molar-refractivity contribution in [1.29, 1.82) is 15.8 Å². The summed E-state index contributed by atoms with van der Waals surface area (Å²) in [5.41, 5.74) is 8.95. The molecule has 0 atom stereocenters. The van der Waals surface area contributed by atoms with Crippen LogP contribution >= 0.6 is 0 Å². The molecular formula is C36H14N6. The molecule has 0 unspecified atom stereocenters. The molecule has 188 valence electrons. The number of fused-ring (bicyclic) bond motifs is 4. The maximum Gasteiger partial charge on any atom is 0.270 e. The minimum Gasteiger partial charge on any atom is -0.238 e. The lowest BCUT2D eigenvalue weighted by atomic mass is 9.84. The fraction of sp³-hybridized carbons (Fsp3) is 0. The van der Waals surface area contributed by atoms with Gasteiger partial charge in [0.2, 0.25) is 0 Å². The van der Waals surface area contributed by atoms with Gasteiger partial charge in [0.15, 0.2) is 5.69 Å². The summed E-state index contributed by atoms with van der Waals surface area (Å²) in [6, 6.07) is 31.8. The Kier molecular flexibility index (Phi) is 6.01. The topological polar surface area (TPSA) is 84.4 Å². The second-order valence-electron chi connectivity index (χ2n) is 9.45. The summed E-state index contributed by atoms with van der Waals surface area (Å²) in [6.45, 7) is 23.1. The van der Waals surface area contributed by atoms with Gasteiger partial charge in [0, 0.05) is 11.1 Å². The van der Waals surface area contributed by atoms with Crippen LogP contribution in [0.25, 0.3) is 59.1 Å². The molecule has 0 radical (unpaired) electrons. The Labute approximate surface area is 242 Å². The monoisotopic (exact) mass is 530 g/mol. The van der Waals surface area contributed by atoms with Gasteiger partial charge >= 0.3 is 0 Å². The van der Waals surface area contributed by atoms with Crippen LogP contribution in [-0.2, 0) is 0 Å². The van der Waals surface area contributed by atoms with Crippen LogP contribution in [0, 0.1) is 53.7 Å². The Balaban J connectivity index is 1.73. The van der Waals surface area contributed by atoms with Crippen LogP contribution in [0.2, 0.25) is 0 Å². The van der Waals surface area contributed by atoms with Crippen molar-refractivity contribution >= 4 is 28.0 Å². The van der Waals surface area contributed by atoms with E-state index in [0.717, 1.165) is 33.4 Å². The molecule has 2 aliphatic carbocycles. The maximum absolute atomic E-state index is 10.1. The molecular weight excluding hydrogens is 516 g/mol. The Bertz CT molecular complexity index is 2030. The van der Waals surface area contributed by atoms with E-state index in [1.807, 2.05) is 60.7 Å². The lowest BCUT2D eigenvalue weighted by molar-refractivity contribution is 1.46. The highest BCUT2D eigenvalue weighted by Gasteiger charge is 2.41. The van der Waals surface area contributed by atoms with Gasteiger partial charge in [0.25, 0.3) is 11.4 Å². The standard InChI is InChI=1S/C36H14N6/c1-40-24-16-14-23(15-17-24)26-7-5-9-28-32(26)36(30(20-39)42-3)33-27-8-4-6-25(22-12-10-21(18-37)11-13-22)31(27)35(34(28)33)29(19-38)41-2/h4-17H/b35-29-,36-30+. The molecule has 2 aliphatic rings. The van der Waals surface area contributed by atoms with Gasteiger partial charge in [0.1, 0.15) is 0 Å². The Hall–Kier alpha value is -6.96. The quantitative estimate of drug-likeness (QED) is 0.192. The van der Waals surface area contributed by atoms with E-state index >= 15 is 0 Å². The van der Waals surface area contributed by atoms with E-state index in [-0.39, 0.29) is 11.4 Å². The Morgan fingerprint density at radius 3 is 1.36 bits per heavy atom. The first kappa shape index (κ1) is 25.3. The molecule has 0 amide bonds. The molecule has 4 aromatic rings. The highest BCUT2D eigenvalue weighted by molar-refractivity contribution is 6.39. The SMILES string of the molecule is [C-]#[N+]/C(C#N)=C1C2=C(/C(=C(\C#N)[N+]#[C-])c3c2cccc3-c2ccc([N+]#[C-])cc2)c2cccc(-c3ccc(C#N)cc3)c2\1. The minimum absolute atomic E-state index is 0.0937. The van der Waals surface area contributed by atoms with Crippen molar-refractivity contribution in [2.45, 2.75) is 0 Å². The van der Waals surface area contributed by atoms with Gasteiger partial charge in [-0.05, 0) is 67.8 Å². The highest BCUT2D eigenvalue weighted by Crippen LogP contribution is 2.62. The number of rotatable bonds is 2. The summed E-state index contributed by atoms with van der Waals surface area (Å²) in [7, 11) is 0. The largest absolute Gasteiger partial charge is 0.270 e. The van der Waals surface area contributed by atoms with Crippen LogP contribution in [0.5, 0.6) is 0 Å². The van der Waals surface area contributed by atoms with Crippen molar-refractivity contribution in [3.05, 3.63) is 158 Å². The zero-order valence-corrected chi connectivity index (χ0v) is 21.8.